The molecule has 124 heavy (non-hydrogen) atoms. The molecule has 6 aromatic carbocycles. The van der Waals surface area contributed by atoms with E-state index in [-0.39, 0.29) is 77.6 Å². The number of hydrogen-bond donors (Lipinski definition) is 7. The van der Waals surface area contributed by atoms with Gasteiger partial charge >= 0.3 is 11.9 Å². The third-order valence-electron chi connectivity index (χ3n) is 22.3. The number of ether oxygens (including phenoxy) is 3. The molecule has 1 saturated heterocycles. The fourth-order valence-electron chi connectivity index (χ4n) is 16.0. The Morgan fingerprint density at radius 3 is 1.72 bits per heavy atom. The highest BCUT2D eigenvalue weighted by molar-refractivity contribution is 7.89. The Balaban J connectivity index is 0.838. The van der Waals surface area contributed by atoms with E-state index in [0.717, 1.165) is 29.8 Å². The van der Waals surface area contributed by atoms with Gasteiger partial charge in [-0.1, -0.05) is 78.6 Å². The minimum absolute atomic E-state index is 0.000848. The maximum atomic E-state index is 13.9. The highest BCUT2D eigenvalue weighted by atomic mass is 32.2. The number of piperazine rings is 1. The van der Waals surface area contributed by atoms with Crippen molar-refractivity contribution in [3.05, 3.63) is 132 Å². The fourth-order valence-corrected chi connectivity index (χ4v) is 20.6. The van der Waals surface area contributed by atoms with Gasteiger partial charge in [-0.15, -0.1) is 0 Å². The van der Waals surface area contributed by atoms with Crippen molar-refractivity contribution in [3.63, 3.8) is 0 Å². The molecule has 3 atom stereocenters. The van der Waals surface area contributed by atoms with Crippen molar-refractivity contribution in [1.29, 1.82) is 0 Å². The van der Waals surface area contributed by atoms with Gasteiger partial charge in [-0.2, -0.15) is 50.0 Å². The number of sulfonamides is 1. The first-order chi connectivity index (χ1) is 58.5. The van der Waals surface area contributed by atoms with Crippen molar-refractivity contribution >= 4 is 124 Å². The molecule has 0 aromatic heterocycles. The largest absolute Gasteiger partial charge is 0.497 e. The number of hydroxylamine groups is 2. The summed E-state index contributed by atoms with van der Waals surface area (Å²) in [5, 5.41) is 0.318. The van der Waals surface area contributed by atoms with E-state index in [9.17, 15) is 88.2 Å². The number of ketones is 1. The lowest BCUT2D eigenvalue weighted by atomic mass is 9.78. The molecule has 0 bridgehead atoms. The van der Waals surface area contributed by atoms with Crippen LogP contribution < -0.4 is 21.4 Å². The number of benzene rings is 6. The van der Waals surface area contributed by atoms with Gasteiger partial charge in [0.15, 0.2) is 5.71 Å². The number of amides is 1. The summed E-state index contributed by atoms with van der Waals surface area (Å²) >= 11 is -2.66. The van der Waals surface area contributed by atoms with Crippen LogP contribution in [0.4, 0.5) is 11.4 Å². The van der Waals surface area contributed by atoms with Crippen molar-refractivity contribution in [1.82, 2.24) is 23.6 Å². The first kappa shape index (κ1) is 99.7. The lowest BCUT2D eigenvalue weighted by Gasteiger charge is -2.34. The Labute approximate surface area is 726 Å². The maximum absolute atomic E-state index is 13.9. The first-order valence-corrected chi connectivity index (χ1v) is 48.8. The van der Waals surface area contributed by atoms with Crippen LogP contribution in [-0.4, -0.2) is 251 Å². The van der Waals surface area contributed by atoms with Gasteiger partial charge in [-0.05, 0) is 180 Å². The molecule has 1 fully saturated rings. The van der Waals surface area contributed by atoms with Gasteiger partial charge in [0, 0.05) is 117 Å². The molecule has 9 N–H and O–H groups in total. The standard InChI is InChI=1S/C82H111N9O27S6/c1-9-37-85(45-47-113-49-51-115-90(119(96)97)57(2)79(94)117-83)38-19-21-61(92)20-13-11-17-39-88-70-35-33-66-68(53-64(121(100,101)102)55-72(66)123(106,107)108)77(70)81(4,5)74(88)22-14-10-15-23-75-82(6,7)78-69-54-65(122(103,104)105)56-73(124(109,110)111)67(69)34-36-71(78)89(75)40-18-12-16-24-76(93)87-43-41-86(42-44-87)46-48-114-50-52-116-91(58(3)80(95)118-84)120(98,99)63-31-27-60(28-32-63)59-25-29-62(112-8)30-26-59/h10,15,23,25-36,53-58H,9,11-14,16-22,24,37-52,83-84H2,1-8H3,(H4-,96,97,100,101,102,103,104,105,106,107,108,109,110,111)/p+1. The number of hydrogen-bond acceptors (Lipinski definition) is 27. The van der Waals surface area contributed by atoms with E-state index in [2.05, 4.69) is 24.1 Å². The SMILES string of the molecule is CCCN(CCCC(=O)CCCCC[N+]1=C(CCC=CC=C2N(CCCCCC(=O)N3CCN(CCOCCON(C(C)C(=O)ON)S(=O)(=O)c4ccc(-c5ccc(OC)cc5)cc4)CC3)c3ccc4c(S(=O)(=O)O)cc(S(=O)(=O)O)cc4c3C2(C)C)C(C)(C)c2c1ccc1c(S(=O)(=O)O)cc(S(=O)(=O)O)cc21)CCOCCON(C(C)C(=O)ON)S(=O)O. The third-order valence-corrected chi connectivity index (χ3v) is 28.3. The molecular formula is C82H112N9O27S6+. The molecular weight excluding hydrogens is 1740 g/mol. The van der Waals surface area contributed by atoms with Crippen molar-refractivity contribution in [2.24, 2.45) is 11.8 Å². The first-order valence-electron chi connectivity index (χ1n) is 40.6. The quantitative estimate of drug-likeness (QED) is 0.00615. The Morgan fingerprint density at radius 2 is 1.14 bits per heavy atom. The van der Waals surface area contributed by atoms with Crippen molar-refractivity contribution in [2.75, 3.05) is 117 Å². The van der Waals surface area contributed by atoms with E-state index in [1.807, 2.05) is 69.9 Å². The molecule has 3 heterocycles. The summed E-state index contributed by atoms with van der Waals surface area (Å²) < 4.78 is 214. The van der Waals surface area contributed by atoms with E-state index >= 15 is 0 Å². The number of anilines is 1. The van der Waals surface area contributed by atoms with Crippen LogP contribution in [0, 0.1) is 0 Å². The molecule has 3 unspecified atom stereocenters. The van der Waals surface area contributed by atoms with E-state index < -0.39 is 116 Å². The minimum Gasteiger partial charge on any atom is -0.497 e. The number of nitrogens with zero attached hydrogens (tertiary/aromatic N) is 7. The number of Topliss-reactive ketones (excluding diaryl/α,β-unsaturated/α-hetero) is 1. The summed E-state index contributed by atoms with van der Waals surface area (Å²) in [7, 11) is -23.1. The van der Waals surface area contributed by atoms with Crippen LogP contribution in [0.15, 0.2) is 145 Å². The third kappa shape index (κ3) is 25.0. The van der Waals surface area contributed by atoms with Crippen LogP contribution in [0.5, 0.6) is 5.75 Å². The highest BCUT2D eigenvalue weighted by Gasteiger charge is 2.48. The van der Waals surface area contributed by atoms with Gasteiger partial charge in [0.2, 0.25) is 11.6 Å². The summed E-state index contributed by atoms with van der Waals surface area (Å²) in [4.78, 5) is 75.9. The normalized spacial score (nSPS) is 16.3. The lowest BCUT2D eigenvalue weighted by Crippen LogP contribution is -2.49. The molecule has 36 nitrogen and oxygen atoms in total. The van der Waals surface area contributed by atoms with Crippen LogP contribution in [-0.2, 0) is 121 Å². The number of unbranched alkanes of at least 4 members (excludes halogenated alkanes) is 4. The van der Waals surface area contributed by atoms with Gasteiger partial charge in [0.05, 0.1) is 66.9 Å². The van der Waals surface area contributed by atoms with Crippen LogP contribution in [0.1, 0.15) is 143 Å². The zero-order valence-corrected chi connectivity index (χ0v) is 75.5. The van der Waals surface area contributed by atoms with Gasteiger partial charge < -0.3 is 38.6 Å². The molecule has 0 radical (unpaired) electrons. The predicted octanol–water partition coefficient (Wildman–Crippen LogP) is 9.01. The number of carbonyl (C=O) groups is 4. The summed E-state index contributed by atoms with van der Waals surface area (Å²) in [6, 6.07) is 20.6. The number of rotatable bonds is 49. The van der Waals surface area contributed by atoms with Crippen molar-refractivity contribution in [3.8, 4) is 16.9 Å². The van der Waals surface area contributed by atoms with Crippen LogP contribution >= 0.6 is 0 Å². The molecule has 0 aliphatic carbocycles. The number of carbonyl (C=O) groups excluding carboxylic acids is 4. The summed E-state index contributed by atoms with van der Waals surface area (Å²) in [5.74, 6) is 8.72. The second-order valence-corrected chi connectivity index (χ2v) is 39.6. The number of allylic oxidation sites excluding steroid dienone is 4. The molecule has 0 saturated carbocycles. The topological polar surface area (TPSA) is 496 Å². The van der Waals surface area contributed by atoms with Gasteiger partial charge in [-0.3, -0.25) is 46.9 Å². The van der Waals surface area contributed by atoms with Gasteiger partial charge in [0.1, 0.15) is 40.0 Å². The molecule has 6 aromatic rings. The second kappa shape index (κ2) is 43.6. The van der Waals surface area contributed by atoms with Crippen molar-refractivity contribution < 1.29 is 126 Å². The van der Waals surface area contributed by atoms with Crippen LogP contribution in [0.2, 0.25) is 0 Å². The Bertz CT molecular complexity index is 5560. The predicted molar refractivity (Wildman–Crippen MR) is 461 cm³/mol. The smallest absolute Gasteiger partial charge is 0.345 e. The molecule has 42 heteroatoms. The highest BCUT2D eigenvalue weighted by Crippen LogP contribution is 2.53. The fraction of sp³-hybridized carbons (Fsp3) is 0.500. The number of methoxy groups -OCH3 is 1. The van der Waals surface area contributed by atoms with Crippen LogP contribution in [0.25, 0.3) is 32.7 Å². The van der Waals surface area contributed by atoms with Crippen LogP contribution in [0.3, 0.4) is 0 Å². The summed E-state index contributed by atoms with van der Waals surface area (Å²) in [6.45, 7) is 17.5. The Hall–Kier alpha value is -8.03. The molecule has 3 aliphatic heterocycles. The summed E-state index contributed by atoms with van der Waals surface area (Å²) in [6.07, 6.45) is 12.2. The minimum atomic E-state index is -5.07. The van der Waals surface area contributed by atoms with E-state index in [1.165, 1.54) is 50.2 Å². The number of nitrogens with two attached hydrogens (primary N) is 2. The molecule has 0 spiro atoms. The maximum Gasteiger partial charge on any atom is 0.345 e. The Morgan fingerprint density at radius 1 is 0.581 bits per heavy atom. The second-order valence-electron chi connectivity index (χ2n) is 31.3. The zero-order valence-electron chi connectivity index (χ0n) is 70.6. The molecule has 1 amide bonds. The molecule has 3 aliphatic rings. The zero-order chi connectivity index (χ0) is 90.9. The van der Waals surface area contributed by atoms with Crippen molar-refractivity contribution in [2.45, 2.75) is 179 Å². The van der Waals surface area contributed by atoms with Gasteiger partial charge in [-0.25, -0.2) is 22.2 Å². The average molecular weight is 1850 g/mol. The van der Waals surface area contributed by atoms with E-state index in [1.54, 1.807) is 48.4 Å². The van der Waals surface area contributed by atoms with Gasteiger partial charge in [0.25, 0.3) is 61.8 Å². The monoisotopic (exact) mass is 1850 g/mol. The molecule has 9 rings (SSSR count). The van der Waals surface area contributed by atoms with E-state index in [4.69, 9.17) is 35.7 Å². The lowest BCUT2D eigenvalue weighted by molar-refractivity contribution is -0.440. The molecule has 682 valence electrons. The summed E-state index contributed by atoms with van der Waals surface area (Å²) in [5.41, 5.74) is 3.36. The average Bonchev–Trinajstić information content (AvgIpc) is 1.55. The Kier molecular flexibility index (Phi) is 35.1. The number of fused-ring (bicyclic) bond motifs is 6. The van der Waals surface area contributed by atoms with E-state index in [0.29, 0.717) is 191 Å².